The van der Waals surface area contributed by atoms with E-state index in [1.165, 1.54) is 25.0 Å². The Morgan fingerprint density at radius 2 is 2.00 bits per heavy atom. The summed E-state index contributed by atoms with van der Waals surface area (Å²) in [4.78, 5) is 0. The standard InChI is InChI=1S/C12H14F3N/c1-8(9-5-6-9)16-11-4-2-3-10(7-11)12(13,14)15/h2-4,7-9,16H,5-6H2,1H3/t8-/m0/s1. The van der Waals surface area contributed by atoms with Crippen LogP contribution < -0.4 is 5.32 Å². The molecule has 1 aromatic rings. The van der Waals surface area contributed by atoms with E-state index in [4.69, 9.17) is 0 Å². The predicted octanol–water partition coefficient (Wildman–Crippen LogP) is 3.92. The molecular weight excluding hydrogens is 215 g/mol. The van der Waals surface area contributed by atoms with Gasteiger partial charge in [-0.3, -0.25) is 0 Å². The highest BCUT2D eigenvalue weighted by molar-refractivity contribution is 5.47. The minimum atomic E-state index is -4.26. The van der Waals surface area contributed by atoms with Gasteiger partial charge in [0.25, 0.3) is 0 Å². The van der Waals surface area contributed by atoms with Gasteiger partial charge in [-0.15, -0.1) is 0 Å². The topological polar surface area (TPSA) is 12.0 Å². The third-order valence-corrected chi connectivity index (χ3v) is 2.91. The number of hydrogen-bond acceptors (Lipinski definition) is 1. The Balaban J connectivity index is 2.09. The molecule has 0 bridgehead atoms. The lowest BCUT2D eigenvalue weighted by atomic mass is 10.1. The van der Waals surface area contributed by atoms with Gasteiger partial charge in [-0.1, -0.05) is 6.07 Å². The Labute approximate surface area is 92.7 Å². The summed E-state index contributed by atoms with van der Waals surface area (Å²) in [5.41, 5.74) is -0.0466. The van der Waals surface area contributed by atoms with Crippen molar-refractivity contribution in [3.05, 3.63) is 29.8 Å². The Bertz CT molecular complexity index is 369. The molecule has 1 aromatic carbocycles. The molecule has 1 atom stereocenters. The first kappa shape index (κ1) is 11.3. The van der Waals surface area contributed by atoms with Crippen LogP contribution in [0.4, 0.5) is 18.9 Å². The van der Waals surface area contributed by atoms with Gasteiger partial charge in [0.2, 0.25) is 0 Å². The van der Waals surface area contributed by atoms with Crippen molar-refractivity contribution in [3.8, 4) is 0 Å². The predicted molar refractivity (Wildman–Crippen MR) is 57.3 cm³/mol. The zero-order valence-electron chi connectivity index (χ0n) is 9.01. The fraction of sp³-hybridized carbons (Fsp3) is 0.500. The summed E-state index contributed by atoms with van der Waals surface area (Å²) in [7, 11) is 0. The van der Waals surface area contributed by atoms with Crippen LogP contribution >= 0.6 is 0 Å². The zero-order chi connectivity index (χ0) is 11.8. The lowest BCUT2D eigenvalue weighted by Gasteiger charge is -2.15. The van der Waals surface area contributed by atoms with Crippen LogP contribution in [-0.2, 0) is 6.18 Å². The number of rotatable bonds is 3. The van der Waals surface area contributed by atoms with Crippen LogP contribution in [0.1, 0.15) is 25.3 Å². The fourth-order valence-electron chi connectivity index (χ4n) is 1.76. The molecule has 0 aliphatic heterocycles. The van der Waals surface area contributed by atoms with Gasteiger partial charge in [-0.05, 0) is 43.9 Å². The third kappa shape index (κ3) is 2.68. The van der Waals surface area contributed by atoms with Crippen LogP contribution in [0.15, 0.2) is 24.3 Å². The zero-order valence-corrected chi connectivity index (χ0v) is 9.01. The smallest absolute Gasteiger partial charge is 0.382 e. The average Bonchev–Trinajstić information content (AvgIpc) is 2.99. The molecule has 1 nitrogen and oxygen atoms in total. The molecule has 2 rings (SSSR count). The van der Waals surface area contributed by atoms with Gasteiger partial charge in [-0.25, -0.2) is 0 Å². The lowest BCUT2D eigenvalue weighted by molar-refractivity contribution is -0.137. The number of halogens is 3. The molecule has 0 heterocycles. The molecule has 0 radical (unpaired) electrons. The van der Waals surface area contributed by atoms with Crippen molar-refractivity contribution >= 4 is 5.69 Å². The van der Waals surface area contributed by atoms with Gasteiger partial charge in [0.15, 0.2) is 0 Å². The van der Waals surface area contributed by atoms with Crippen LogP contribution in [0, 0.1) is 5.92 Å². The van der Waals surface area contributed by atoms with E-state index in [0.29, 0.717) is 11.6 Å². The van der Waals surface area contributed by atoms with E-state index in [1.54, 1.807) is 6.07 Å². The maximum Gasteiger partial charge on any atom is 0.416 e. The first-order valence-electron chi connectivity index (χ1n) is 5.40. The first-order chi connectivity index (χ1) is 7.47. The Morgan fingerprint density at radius 3 is 2.56 bits per heavy atom. The van der Waals surface area contributed by atoms with Crippen molar-refractivity contribution in [2.24, 2.45) is 5.92 Å². The van der Waals surface area contributed by atoms with Gasteiger partial charge in [0.1, 0.15) is 0 Å². The summed E-state index contributed by atoms with van der Waals surface area (Å²) in [5.74, 6) is 0.620. The van der Waals surface area contributed by atoms with Crippen molar-refractivity contribution in [1.29, 1.82) is 0 Å². The Morgan fingerprint density at radius 1 is 1.31 bits per heavy atom. The monoisotopic (exact) mass is 229 g/mol. The normalized spacial score (nSPS) is 18.2. The summed E-state index contributed by atoms with van der Waals surface area (Å²) in [6, 6.07) is 5.62. The first-order valence-corrected chi connectivity index (χ1v) is 5.40. The van der Waals surface area contributed by atoms with Gasteiger partial charge >= 0.3 is 6.18 Å². The molecule has 0 aromatic heterocycles. The quantitative estimate of drug-likeness (QED) is 0.828. The molecule has 0 unspecified atom stereocenters. The SMILES string of the molecule is C[C@H](Nc1cccc(C(F)(F)F)c1)C1CC1. The third-order valence-electron chi connectivity index (χ3n) is 2.91. The molecule has 4 heteroatoms. The molecule has 0 saturated heterocycles. The highest BCUT2D eigenvalue weighted by atomic mass is 19.4. The van der Waals surface area contributed by atoms with E-state index in [-0.39, 0.29) is 6.04 Å². The van der Waals surface area contributed by atoms with E-state index >= 15 is 0 Å². The number of hydrogen-bond donors (Lipinski definition) is 1. The summed E-state index contributed by atoms with van der Waals surface area (Å²) < 4.78 is 37.3. The van der Waals surface area contributed by atoms with Crippen molar-refractivity contribution in [3.63, 3.8) is 0 Å². The van der Waals surface area contributed by atoms with E-state index in [2.05, 4.69) is 5.32 Å². The van der Waals surface area contributed by atoms with Crippen LogP contribution in [0.25, 0.3) is 0 Å². The molecule has 1 N–H and O–H groups in total. The van der Waals surface area contributed by atoms with E-state index in [1.807, 2.05) is 6.92 Å². The molecule has 16 heavy (non-hydrogen) atoms. The van der Waals surface area contributed by atoms with E-state index in [9.17, 15) is 13.2 Å². The Hall–Kier alpha value is -1.19. The second kappa shape index (κ2) is 4.00. The number of benzene rings is 1. The van der Waals surface area contributed by atoms with Crippen LogP contribution in [0.2, 0.25) is 0 Å². The fourth-order valence-corrected chi connectivity index (χ4v) is 1.76. The largest absolute Gasteiger partial charge is 0.416 e. The number of anilines is 1. The molecule has 1 fully saturated rings. The number of alkyl halides is 3. The van der Waals surface area contributed by atoms with Crippen molar-refractivity contribution in [2.75, 3.05) is 5.32 Å². The average molecular weight is 229 g/mol. The molecule has 0 amide bonds. The number of nitrogens with one attached hydrogen (secondary N) is 1. The molecule has 1 saturated carbocycles. The van der Waals surface area contributed by atoms with Gasteiger partial charge in [-0.2, -0.15) is 13.2 Å². The second-order valence-corrected chi connectivity index (χ2v) is 4.35. The van der Waals surface area contributed by atoms with Crippen molar-refractivity contribution < 1.29 is 13.2 Å². The summed E-state index contributed by atoms with van der Waals surface area (Å²) in [5, 5.41) is 3.12. The molecule has 0 spiro atoms. The van der Waals surface area contributed by atoms with Gasteiger partial charge < -0.3 is 5.32 Å². The highest BCUT2D eigenvalue weighted by Gasteiger charge is 2.31. The summed E-state index contributed by atoms with van der Waals surface area (Å²) in [6.07, 6.45) is -1.92. The molecule has 1 aliphatic carbocycles. The van der Waals surface area contributed by atoms with E-state index in [0.717, 1.165) is 6.07 Å². The minimum absolute atomic E-state index is 0.253. The van der Waals surface area contributed by atoms with Crippen LogP contribution in [0.5, 0.6) is 0 Å². The second-order valence-electron chi connectivity index (χ2n) is 4.35. The van der Waals surface area contributed by atoms with Crippen LogP contribution in [-0.4, -0.2) is 6.04 Å². The van der Waals surface area contributed by atoms with Gasteiger partial charge in [0, 0.05) is 11.7 Å². The maximum absolute atomic E-state index is 12.4. The van der Waals surface area contributed by atoms with E-state index < -0.39 is 11.7 Å². The van der Waals surface area contributed by atoms with Crippen LogP contribution in [0.3, 0.4) is 0 Å². The van der Waals surface area contributed by atoms with Crippen molar-refractivity contribution in [2.45, 2.75) is 32.0 Å². The maximum atomic E-state index is 12.4. The molecule has 88 valence electrons. The summed E-state index contributed by atoms with van der Waals surface area (Å²) >= 11 is 0. The molecule has 1 aliphatic rings. The summed E-state index contributed by atoms with van der Waals surface area (Å²) in [6.45, 7) is 2.01. The minimum Gasteiger partial charge on any atom is -0.382 e. The Kier molecular flexibility index (Phi) is 2.82. The molecular formula is C12H14F3N. The van der Waals surface area contributed by atoms with Gasteiger partial charge in [0.05, 0.1) is 5.56 Å². The lowest BCUT2D eigenvalue weighted by Crippen LogP contribution is -2.17. The highest BCUT2D eigenvalue weighted by Crippen LogP contribution is 2.35. The van der Waals surface area contributed by atoms with Crippen molar-refractivity contribution in [1.82, 2.24) is 0 Å².